The Bertz CT molecular complexity index is 563. The summed E-state index contributed by atoms with van der Waals surface area (Å²) in [5, 5.41) is 11.0. The number of halogens is 1. The molecule has 0 amide bonds. The van der Waals surface area contributed by atoms with Crippen molar-refractivity contribution in [1.82, 2.24) is 10.6 Å². The van der Waals surface area contributed by atoms with E-state index in [-0.39, 0.29) is 0 Å². The fourth-order valence-electron chi connectivity index (χ4n) is 1.93. The van der Waals surface area contributed by atoms with Crippen LogP contribution >= 0.6 is 34.3 Å². The number of nitrogens with one attached hydrogen (secondary N) is 2. The Morgan fingerprint density at radius 2 is 2.19 bits per heavy atom. The van der Waals surface area contributed by atoms with Gasteiger partial charge in [-0.05, 0) is 46.9 Å². The van der Waals surface area contributed by atoms with Crippen LogP contribution in [0.15, 0.2) is 34.0 Å². The molecule has 0 saturated heterocycles. The van der Waals surface area contributed by atoms with Crippen molar-refractivity contribution >= 4 is 40.2 Å². The Morgan fingerprint density at radius 1 is 1.33 bits per heavy atom. The molecule has 0 aliphatic heterocycles. The van der Waals surface area contributed by atoms with E-state index < -0.39 is 0 Å². The zero-order valence-electron chi connectivity index (χ0n) is 12.2. The van der Waals surface area contributed by atoms with Crippen LogP contribution in [-0.2, 0) is 6.42 Å². The topological polar surface area (TPSA) is 36.4 Å². The molecule has 2 rings (SSSR count). The smallest absolute Gasteiger partial charge is 0.191 e. The van der Waals surface area contributed by atoms with E-state index in [1.807, 2.05) is 6.07 Å². The predicted molar refractivity (Wildman–Crippen MR) is 95.1 cm³/mol. The number of hydrogen-bond donors (Lipinski definition) is 2. The minimum Gasteiger partial charge on any atom is -0.356 e. The fourth-order valence-corrected chi connectivity index (χ4v) is 3.80. The van der Waals surface area contributed by atoms with E-state index in [0.29, 0.717) is 5.92 Å². The molecular formula is C15H20ClN3S2. The Balaban J connectivity index is 1.71. The van der Waals surface area contributed by atoms with Crippen LogP contribution in [0, 0.1) is 0 Å². The van der Waals surface area contributed by atoms with E-state index in [1.54, 1.807) is 29.7 Å². The number of nitrogens with zero attached hydrogens (tertiary/aromatic N) is 1. The molecule has 0 aliphatic rings. The Hall–Kier alpha value is -1.04. The molecule has 2 aromatic rings. The van der Waals surface area contributed by atoms with E-state index in [1.165, 1.54) is 10.4 Å². The maximum atomic E-state index is 5.93. The summed E-state index contributed by atoms with van der Waals surface area (Å²) in [4.78, 5) is 5.54. The molecule has 2 heterocycles. The Morgan fingerprint density at radius 3 is 2.81 bits per heavy atom. The van der Waals surface area contributed by atoms with Crippen LogP contribution in [0.2, 0.25) is 4.34 Å². The van der Waals surface area contributed by atoms with Gasteiger partial charge in [-0.1, -0.05) is 18.5 Å². The molecule has 1 unspecified atom stereocenters. The quantitative estimate of drug-likeness (QED) is 0.616. The molecule has 1 atom stereocenters. The molecular weight excluding hydrogens is 322 g/mol. The highest BCUT2D eigenvalue weighted by Crippen LogP contribution is 2.21. The lowest BCUT2D eigenvalue weighted by atomic mass is 10.1. The summed E-state index contributed by atoms with van der Waals surface area (Å²) in [7, 11) is 1.80. The SMILES string of the molecule is CN=C(NCCc1ccc(Cl)s1)NCC(C)c1ccsc1. The largest absolute Gasteiger partial charge is 0.356 e. The average molecular weight is 342 g/mol. The van der Waals surface area contributed by atoms with Crippen molar-refractivity contribution < 1.29 is 0 Å². The van der Waals surface area contributed by atoms with Gasteiger partial charge in [0.05, 0.1) is 4.34 Å². The van der Waals surface area contributed by atoms with Crippen LogP contribution in [0.25, 0.3) is 0 Å². The van der Waals surface area contributed by atoms with Crippen LogP contribution in [0.1, 0.15) is 23.3 Å². The lowest BCUT2D eigenvalue weighted by Gasteiger charge is -2.15. The summed E-state index contributed by atoms with van der Waals surface area (Å²) in [6.07, 6.45) is 0.957. The van der Waals surface area contributed by atoms with E-state index in [2.05, 4.69) is 45.4 Å². The zero-order valence-corrected chi connectivity index (χ0v) is 14.6. The van der Waals surface area contributed by atoms with E-state index in [9.17, 15) is 0 Å². The van der Waals surface area contributed by atoms with Gasteiger partial charge >= 0.3 is 0 Å². The normalized spacial score (nSPS) is 13.2. The highest BCUT2D eigenvalue weighted by molar-refractivity contribution is 7.16. The standard InChI is InChI=1S/C15H20ClN3S2/c1-11(12-6-8-20-10-12)9-19-15(17-2)18-7-5-13-3-4-14(16)21-13/h3-4,6,8,10-11H,5,7,9H2,1-2H3,(H2,17,18,19). The third-order valence-electron chi connectivity index (χ3n) is 3.20. The number of hydrogen-bond acceptors (Lipinski definition) is 3. The van der Waals surface area contributed by atoms with Gasteiger partial charge in [0.25, 0.3) is 0 Å². The summed E-state index contributed by atoms with van der Waals surface area (Å²) < 4.78 is 0.845. The Kier molecular flexibility index (Phi) is 6.54. The second-order valence-corrected chi connectivity index (χ2v) is 7.37. The van der Waals surface area contributed by atoms with Gasteiger partial charge in [0.1, 0.15) is 0 Å². The van der Waals surface area contributed by atoms with Crippen molar-refractivity contribution in [3.05, 3.63) is 43.7 Å². The fraction of sp³-hybridized carbons (Fsp3) is 0.400. The molecule has 21 heavy (non-hydrogen) atoms. The van der Waals surface area contributed by atoms with Crippen LogP contribution in [0.4, 0.5) is 0 Å². The van der Waals surface area contributed by atoms with Crippen molar-refractivity contribution in [3.8, 4) is 0 Å². The first-order valence-corrected chi connectivity index (χ1v) is 9.03. The van der Waals surface area contributed by atoms with Gasteiger partial charge in [0.15, 0.2) is 5.96 Å². The predicted octanol–water partition coefficient (Wildman–Crippen LogP) is 3.97. The summed E-state index contributed by atoms with van der Waals surface area (Å²) in [5.74, 6) is 1.32. The molecule has 6 heteroatoms. The van der Waals surface area contributed by atoms with Gasteiger partial charge in [0, 0.05) is 25.0 Å². The van der Waals surface area contributed by atoms with Crippen molar-refractivity contribution in [2.75, 3.05) is 20.1 Å². The maximum Gasteiger partial charge on any atom is 0.191 e. The molecule has 114 valence electrons. The second kappa shape index (κ2) is 8.41. The molecule has 0 aliphatic carbocycles. The molecule has 0 fully saturated rings. The van der Waals surface area contributed by atoms with E-state index in [0.717, 1.165) is 29.8 Å². The highest BCUT2D eigenvalue weighted by Gasteiger charge is 2.07. The summed E-state index contributed by atoms with van der Waals surface area (Å²) >= 11 is 9.29. The third-order valence-corrected chi connectivity index (χ3v) is 5.20. The molecule has 0 bridgehead atoms. The minimum absolute atomic E-state index is 0.478. The van der Waals surface area contributed by atoms with Crippen LogP contribution < -0.4 is 10.6 Å². The van der Waals surface area contributed by atoms with Crippen molar-refractivity contribution in [3.63, 3.8) is 0 Å². The van der Waals surface area contributed by atoms with Crippen LogP contribution in [0.5, 0.6) is 0 Å². The summed E-state index contributed by atoms with van der Waals surface area (Å²) in [6, 6.07) is 6.19. The molecule has 0 spiro atoms. The first kappa shape index (κ1) is 16.3. The van der Waals surface area contributed by atoms with Crippen molar-refractivity contribution in [2.45, 2.75) is 19.3 Å². The number of rotatable bonds is 6. The van der Waals surface area contributed by atoms with E-state index >= 15 is 0 Å². The highest BCUT2D eigenvalue weighted by atomic mass is 35.5. The zero-order chi connectivity index (χ0) is 15.1. The van der Waals surface area contributed by atoms with Crippen LogP contribution in [0.3, 0.4) is 0 Å². The molecule has 2 N–H and O–H groups in total. The van der Waals surface area contributed by atoms with Crippen molar-refractivity contribution in [1.29, 1.82) is 0 Å². The first-order valence-electron chi connectivity index (χ1n) is 6.90. The van der Waals surface area contributed by atoms with Crippen LogP contribution in [-0.4, -0.2) is 26.1 Å². The van der Waals surface area contributed by atoms with Gasteiger partial charge in [-0.15, -0.1) is 11.3 Å². The molecule has 0 aromatic carbocycles. The van der Waals surface area contributed by atoms with Gasteiger partial charge in [-0.25, -0.2) is 0 Å². The third kappa shape index (κ3) is 5.34. The maximum absolute atomic E-state index is 5.93. The van der Waals surface area contributed by atoms with Gasteiger partial charge < -0.3 is 10.6 Å². The Labute approximate surface area is 139 Å². The van der Waals surface area contributed by atoms with Crippen molar-refractivity contribution in [2.24, 2.45) is 4.99 Å². The lowest BCUT2D eigenvalue weighted by molar-refractivity contribution is 0.700. The number of aliphatic imine (C=N–C) groups is 1. The first-order chi connectivity index (χ1) is 10.2. The summed E-state index contributed by atoms with van der Waals surface area (Å²) in [6.45, 7) is 3.95. The van der Waals surface area contributed by atoms with Gasteiger partial charge in [0.2, 0.25) is 0 Å². The second-order valence-electron chi connectivity index (χ2n) is 4.79. The summed E-state index contributed by atoms with van der Waals surface area (Å²) in [5.41, 5.74) is 1.37. The molecule has 3 nitrogen and oxygen atoms in total. The van der Waals surface area contributed by atoms with Gasteiger partial charge in [-0.2, -0.15) is 11.3 Å². The molecule has 0 radical (unpaired) electrons. The number of guanidine groups is 1. The van der Waals surface area contributed by atoms with Gasteiger partial charge in [-0.3, -0.25) is 4.99 Å². The minimum atomic E-state index is 0.478. The lowest BCUT2D eigenvalue weighted by Crippen LogP contribution is -2.39. The molecule has 0 saturated carbocycles. The number of thiophene rings is 2. The van der Waals surface area contributed by atoms with E-state index in [4.69, 9.17) is 11.6 Å². The molecule has 2 aromatic heterocycles. The monoisotopic (exact) mass is 341 g/mol. The average Bonchev–Trinajstić information content (AvgIpc) is 3.14.